The number of carbonyl (C=O) groups excluding carboxylic acids is 2. The summed E-state index contributed by atoms with van der Waals surface area (Å²) in [7, 11) is 0. The van der Waals surface area contributed by atoms with Gasteiger partial charge in [0.1, 0.15) is 11.5 Å². The van der Waals surface area contributed by atoms with Crippen LogP contribution in [0, 0.1) is 0 Å². The van der Waals surface area contributed by atoms with E-state index in [-0.39, 0.29) is 30.6 Å². The van der Waals surface area contributed by atoms with Gasteiger partial charge >= 0.3 is 0 Å². The van der Waals surface area contributed by atoms with Crippen LogP contribution in [-0.2, 0) is 22.4 Å². The summed E-state index contributed by atoms with van der Waals surface area (Å²) < 4.78 is 5.47. The maximum atomic E-state index is 12.0. The fourth-order valence-corrected chi connectivity index (χ4v) is 2.90. The molecular formula is C21H23ClN2O4. The molecule has 0 heterocycles. The molecule has 0 aliphatic heterocycles. The molecule has 0 saturated heterocycles. The van der Waals surface area contributed by atoms with E-state index < -0.39 is 0 Å². The Morgan fingerprint density at radius 2 is 1.86 bits per heavy atom. The van der Waals surface area contributed by atoms with E-state index in [0.29, 0.717) is 35.3 Å². The van der Waals surface area contributed by atoms with E-state index in [1.807, 2.05) is 24.3 Å². The smallest absolute Gasteiger partial charge is 0.258 e. The summed E-state index contributed by atoms with van der Waals surface area (Å²) in [6.07, 6.45) is 2.95. The van der Waals surface area contributed by atoms with Gasteiger partial charge in [-0.2, -0.15) is 0 Å². The number of carbonyl (C=O) groups is 2. The predicted octanol–water partition coefficient (Wildman–Crippen LogP) is 2.60. The van der Waals surface area contributed by atoms with E-state index in [0.717, 1.165) is 18.4 Å². The Balaban J connectivity index is 1.37. The van der Waals surface area contributed by atoms with Gasteiger partial charge in [0, 0.05) is 17.6 Å². The molecule has 28 heavy (non-hydrogen) atoms. The summed E-state index contributed by atoms with van der Waals surface area (Å²) in [5, 5.41) is 15.4. The van der Waals surface area contributed by atoms with E-state index >= 15 is 0 Å². The largest absolute Gasteiger partial charge is 0.508 e. The molecule has 7 heteroatoms. The van der Waals surface area contributed by atoms with Crippen molar-refractivity contribution >= 4 is 23.4 Å². The molecule has 2 aromatic rings. The van der Waals surface area contributed by atoms with E-state index in [1.54, 1.807) is 6.07 Å². The summed E-state index contributed by atoms with van der Waals surface area (Å²) in [6.45, 7) is 0.518. The zero-order valence-electron chi connectivity index (χ0n) is 15.4. The number of halogens is 1. The molecule has 148 valence electrons. The van der Waals surface area contributed by atoms with Gasteiger partial charge in [-0.1, -0.05) is 29.8 Å². The summed E-state index contributed by atoms with van der Waals surface area (Å²) in [4.78, 5) is 23.6. The lowest BCUT2D eigenvalue weighted by Crippen LogP contribution is -2.30. The Morgan fingerprint density at radius 3 is 2.54 bits per heavy atom. The Labute approximate surface area is 168 Å². The first kappa shape index (κ1) is 20.0. The van der Waals surface area contributed by atoms with Crippen molar-refractivity contribution in [2.24, 2.45) is 0 Å². The number of rotatable bonds is 9. The van der Waals surface area contributed by atoms with Crippen molar-refractivity contribution in [1.82, 2.24) is 10.6 Å². The molecule has 0 aromatic heterocycles. The van der Waals surface area contributed by atoms with Crippen molar-refractivity contribution < 1.29 is 19.4 Å². The van der Waals surface area contributed by atoms with Crippen LogP contribution in [0.4, 0.5) is 0 Å². The lowest BCUT2D eigenvalue weighted by molar-refractivity contribution is -0.123. The van der Waals surface area contributed by atoms with Gasteiger partial charge in [0.15, 0.2) is 6.61 Å². The third-order valence-electron chi connectivity index (χ3n) is 4.36. The second-order valence-corrected chi connectivity index (χ2v) is 7.23. The summed E-state index contributed by atoms with van der Waals surface area (Å²) in [6, 6.07) is 12.4. The molecule has 0 atom stereocenters. The number of hydrogen-bond donors (Lipinski definition) is 3. The fraction of sp³-hybridized carbons (Fsp3) is 0.333. The molecule has 0 unspecified atom stereocenters. The maximum absolute atomic E-state index is 12.0. The minimum absolute atomic E-state index is 0.0196. The highest BCUT2D eigenvalue weighted by Crippen LogP contribution is 2.22. The van der Waals surface area contributed by atoms with Gasteiger partial charge in [-0.15, -0.1) is 0 Å². The Bertz CT molecular complexity index is 835. The van der Waals surface area contributed by atoms with E-state index in [9.17, 15) is 14.7 Å². The van der Waals surface area contributed by atoms with Gasteiger partial charge in [-0.05, 0) is 54.7 Å². The molecule has 1 aliphatic rings. The molecular weight excluding hydrogens is 380 g/mol. The minimum Gasteiger partial charge on any atom is -0.508 e. The summed E-state index contributed by atoms with van der Waals surface area (Å²) in [5.41, 5.74) is 1.72. The van der Waals surface area contributed by atoms with Crippen LogP contribution < -0.4 is 15.4 Å². The van der Waals surface area contributed by atoms with E-state index in [1.165, 1.54) is 12.1 Å². The minimum atomic E-state index is -0.130. The number of aromatic hydroxyl groups is 1. The third-order valence-corrected chi connectivity index (χ3v) is 4.71. The molecule has 0 radical (unpaired) electrons. The van der Waals surface area contributed by atoms with E-state index in [2.05, 4.69) is 10.6 Å². The molecule has 2 aromatic carbocycles. The first-order valence-electron chi connectivity index (χ1n) is 9.25. The topological polar surface area (TPSA) is 87.7 Å². The van der Waals surface area contributed by atoms with Crippen LogP contribution in [0.5, 0.6) is 11.5 Å². The van der Waals surface area contributed by atoms with Crippen LogP contribution in [-0.4, -0.2) is 36.1 Å². The van der Waals surface area contributed by atoms with Crippen molar-refractivity contribution in [3.8, 4) is 11.5 Å². The third kappa shape index (κ3) is 6.46. The fourth-order valence-electron chi connectivity index (χ4n) is 2.66. The van der Waals surface area contributed by atoms with E-state index in [4.69, 9.17) is 16.3 Å². The summed E-state index contributed by atoms with van der Waals surface area (Å²) in [5.74, 6) is 0.489. The van der Waals surface area contributed by atoms with Crippen molar-refractivity contribution in [2.75, 3.05) is 13.2 Å². The average molecular weight is 403 g/mol. The van der Waals surface area contributed by atoms with Crippen molar-refractivity contribution in [2.45, 2.75) is 31.7 Å². The van der Waals surface area contributed by atoms with Crippen LogP contribution >= 0.6 is 11.6 Å². The van der Waals surface area contributed by atoms with Crippen molar-refractivity contribution in [3.63, 3.8) is 0 Å². The van der Waals surface area contributed by atoms with Gasteiger partial charge in [0.05, 0.1) is 6.42 Å². The Morgan fingerprint density at radius 1 is 1.11 bits per heavy atom. The number of ether oxygens (including phenoxy) is 1. The molecule has 1 saturated carbocycles. The van der Waals surface area contributed by atoms with Crippen LogP contribution in [0.2, 0.25) is 5.02 Å². The van der Waals surface area contributed by atoms with Gasteiger partial charge in [-0.25, -0.2) is 0 Å². The molecule has 1 aliphatic carbocycles. The number of phenols is 1. The van der Waals surface area contributed by atoms with Crippen molar-refractivity contribution in [3.05, 3.63) is 58.6 Å². The molecule has 3 N–H and O–H groups in total. The molecule has 2 amide bonds. The second kappa shape index (κ2) is 9.46. The molecule has 1 fully saturated rings. The number of benzene rings is 2. The Kier molecular flexibility index (Phi) is 6.76. The molecule has 0 spiro atoms. The lowest BCUT2D eigenvalue weighted by Gasteiger charge is -2.09. The predicted molar refractivity (Wildman–Crippen MR) is 107 cm³/mol. The number of hydrogen-bond acceptors (Lipinski definition) is 4. The summed E-state index contributed by atoms with van der Waals surface area (Å²) >= 11 is 6.01. The van der Waals surface area contributed by atoms with Crippen LogP contribution in [0.15, 0.2) is 42.5 Å². The lowest BCUT2D eigenvalue weighted by atomic mass is 10.1. The first-order chi connectivity index (χ1) is 13.5. The Hall–Kier alpha value is -2.73. The number of nitrogens with one attached hydrogen (secondary N) is 2. The normalized spacial score (nSPS) is 13.0. The van der Waals surface area contributed by atoms with Crippen LogP contribution in [0.3, 0.4) is 0 Å². The van der Waals surface area contributed by atoms with Crippen LogP contribution in [0.25, 0.3) is 0 Å². The first-order valence-corrected chi connectivity index (χ1v) is 9.62. The van der Waals surface area contributed by atoms with Gasteiger partial charge in [0.25, 0.3) is 5.91 Å². The van der Waals surface area contributed by atoms with Crippen molar-refractivity contribution in [1.29, 1.82) is 0 Å². The second-order valence-electron chi connectivity index (χ2n) is 6.83. The van der Waals surface area contributed by atoms with Gasteiger partial charge in [0.2, 0.25) is 5.91 Å². The molecule has 3 rings (SSSR count). The molecule has 6 nitrogen and oxygen atoms in total. The standard InChI is InChI=1S/C21H23ClN2O4/c22-19-12-17(25)6-3-15(19)11-20(26)23-10-9-14-1-7-18(8-2-14)28-13-21(27)24-16-4-5-16/h1-3,6-8,12,16,25H,4-5,9-11,13H2,(H,23,26)(H,24,27). The number of phenolic OH excluding ortho intramolecular Hbond substituents is 1. The maximum Gasteiger partial charge on any atom is 0.258 e. The zero-order valence-corrected chi connectivity index (χ0v) is 16.2. The highest BCUT2D eigenvalue weighted by molar-refractivity contribution is 6.31. The zero-order chi connectivity index (χ0) is 19.9. The molecule has 0 bridgehead atoms. The highest BCUT2D eigenvalue weighted by Gasteiger charge is 2.23. The number of amides is 2. The van der Waals surface area contributed by atoms with Gasteiger partial charge in [-0.3, -0.25) is 9.59 Å². The average Bonchev–Trinajstić information content (AvgIpc) is 3.47. The monoisotopic (exact) mass is 402 g/mol. The SMILES string of the molecule is O=C(Cc1ccc(O)cc1Cl)NCCc1ccc(OCC(=O)NC2CC2)cc1. The van der Waals surface area contributed by atoms with Gasteiger partial charge < -0.3 is 20.5 Å². The highest BCUT2D eigenvalue weighted by atomic mass is 35.5. The van der Waals surface area contributed by atoms with Crippen LogP contribution in [0.1, 0.15) is 24.0 Å². The quantitative estimate of drug-likeness (QED) is 0.601.